The third-order valence-corrected chi connectivity index (χ3v) is 6.88. The van der Waals surface area contributed by atoms with Crippen LogP contribution in [0.3, 0.4) is 0 Å². The van der Waals surface area contributed by atoms with Crippen molar-refractivity contribution in [3.05, 3.63) is 58.6 Å². The first kappa shape index (κ1) is 21.6. The molecule has 1 N–H and O–H groups in total. The first-order chi connectivity index (χ1) is 13.7. The maximum atomic E-state index is 13.9. The van der Waals surface area contributed by atoms with Crippen LogP contribution in [0, 0.1) is 18.6 Å². The van der Waals surface area contributed by atoms with E-state index in [9.17, 15) is 22.0 Å². The second-order valence-electron chi connectivity index (χ2n) is 6.76. The van der Waals surface area contributed by atoms with E-state index < -0.39 is 26.6 Å². The van der Waals surface area contributed by atoms with Crippen molar-refractivity contribution < 1.29 is 22.0 Å². The molecule has 10 heteroatoms. The van der Waals surface area contributed by atoms with Gasteiger partial charge in [0, 0.05) is 26.2 Å². The molecule has 1 saturated heterocycles. The zero-order valence-electron chi connectivity index (χ0n) is 15.7. The van der Waals surface area contributed by atoms with Crippen LogP contribution in [0.15, 0.2) is 41.3 Å². The van der Waals surface area contributed by atoms with E-state index in [1.165, 1.54) is 0 Å². The van der Waals surface area contributed by atoms with E-state index >= 15 is 0 Å². The summed E-state index contributed by atoms with van der Waals surface area (Å²) in [6.07, 6.45) is 0. The van der Waals surface area contributed by atoms with Gasteiger partial charge in [0.2, 0.25) is 15.9 Å². The molecule has 0 radical (unpaired) electrons. The summed E-state index contributed by atoms with van der Waals surface area (Å²) in [5, 5.41) is 3.16. The van der Waals surface area contributed by atoms with Crippen molar-refractivity contribution in [3.8, 4) is 0 Å². The fraction of sp³-hybridized carbons (Fsp3) is 0.316. The minimum Gasteiger partial charge on any atom is -0.324 e. The number of anilines is 1. The molecule has 0 saturated carbocycles. The van der Waals surface area contributed by atoms with Crippen LogP contribution in [0.2, 0.25) is 5.02 Å². The van der Waals surface area contributed by atoms with Crippen molar-refractivity contribution in [1.82, 2.24) is 9.21 Å². The number of piperazine rings is 1. The van der Waals surface area contributed by atoms with E-state index in [0.29, 0.717) is 10.7 Å². The second kappa shape index (κ2) is 8.74. The summed E-state index contributed by atoms with van der Waals surface area (Å²) in [5.74, 6) is -2.53. The minimum absolute atomic E-state index is 0.0225. The number of hydrogen-bond donors (Lipinski definition) is 1. The Labute approximate surface area is 173 Å². The maximum absolute atomic E-state index is 13.9. The molecule has 6 nitrogen and oxygen atoms in total. The van der Waals surface area contributed by atoms with Crippen molar-refractivity contribution in [2.45, 2.75) is 11.8 Å². The number of halogens is 3. The Morgan fingerprint density at radius 1 is 1.10 bits per heavy atom. The molecule has 156 valence electrons. The fourth-order valence-corrected chi connectivity index (χ4v) is 4.91. The van der Waals surface area contributed by atoms with Crippen molar-refractivity contribution in [2.24, 2.45) is 0 Å². The number of benzene rings is 2. The van der Waals surface area contributed by atoms with E-state index in [4.69, 9.17) is 11.6 Å². The van der Waals surface area contributed by atoms with Crippen LogP contribution in [-0.4, -0.2) is 56.3 Å². The summed E-state index contributed by atoms with van der Waals surface area (Å²) in [5.41, 5.74) is 1.47. The number of carbonyl (C=O) groups excluding carboxylic acids is 1. The molecular formula is C19H20ClF2N3O3S. The van der Waals surface area contributed by atoms with Crippen molar-refractivity contribution >= 4 is 33.2 Å². The Bertz CT molecular complexity index is 1010. The molecule has 0 unspecified atom stereocenters. The first-order valence-electron chi connectivity index (χ1n) is 8.91. The lowest BCUT2D eigenvalue weighted by Crippen LogP contribution is -2.50. The highest BCUT2D eigenvalue weighted by Crippen LogP contribution is 2.24. The van der Waals surface area contributed by atoms with Crippen LogP contribution in [0.5, 0.6) is 0 Å². The molecule has 29 heavy (non-hydrogen) atoms. The summed E-state index contributed by atoms with van der Waals surface area (Å²) >= 11 is 6.11. The number of sulfonamides is 1. The van der Waals surface area contributed by atoms with Crippen molar-refractivity contribution in [3.63, 3.8) is 0 Å². The molecule has 3 rings (SSSR count). The third kappa shape index (κ3) is 4.92. The maximum Gasteiger partial charge on any atom is 0.249 e. The van der Waals surface area contributed by atoms with Gasteiger partial charge < -0.3 is 5.32 Å². The Kier molecular flexibility index (Phi) is 6.52. The summed E-state index contributed by atoms with van der Waals surface area (Å²) in [6, 6.07) is 8.21. The van der Waals surface area contributed by atoms with Gasteiger partial charge in [-0.1, -0.05) is 23.7 Å². The van der Waals surface area contributed by atoms with Gasteiger partial charge in [0.25, 0.3) is 0 Å². The smallest absolute Gasteiger partial charge is 0.249 e. The largest absolute Gasteiger partial charge is 0.324 e. The number of carbonyl (C=O) groups is 1. The molecule has 0 aromatic heterocycles. The minimum atomic E-state index is -4.29. The fourth-order valence-electron chi connectivity index (χ4n) is 3.10. The third-order valence-electron chi connectivity index (χ3n) is 4.61. The molecule has 1 aliphatic heterocycles. The topological polar surface area (TPSA) is 69.7 Å². The number of rotatable bonds is 5. The Morgan fingerprint density at radius 2 is 1.72 bits per heavy atom. The van der Waals surface area contributed by atoms with Crippen LogP contribution in [0.1, 0.15) is 5.56 Å². The average Bonchev–Trinajstić information content (AvgIpc) is 2.64. The van der Waals surface area contributed by atoms with Gasteiger partial charge in [-0.05, 0) is 36.8 Å². The summed E-state index contributed by atoms with van der Waals surface area (Å²) < 4.78 is 54.0. The van der Waals surface area contributed by atoms with Crippen LogP contribution in [0.4, 0.5) is 14.5 Å². The predicted octanol–water partition coefficient (Wildman–Crippen LogP) is 2.87. The van der Waals surface area contributed by atoms with Gasteiger partial charge in [-0.15, -0.1) is 0 Å². The van der Waals surface area contributed by atoms with Crippen LogP contribution < -0.4 is 5.32 Å². The lowest BCUT2D eigenvalue weighted by Gasteiger charge is -2.33. The number of nitrogens with one attached hydrogen (secondary N) is 1. The highest BCUT2D eigenvalue weighted by atomic mass is 35.5. The number of hydrogen-bond acceptors (Lipinski definition) is 4. The zero-order chi connectivity index (χ0) is 21.2. The van der Waals surface area contributed by atoms with Gasteiger partial charge in [-0.3, -0.25) is 9.69 Å². The Morgan fingerprint density at radius 3 is 2.31 bits per heavy atom. The van der Waals surface area contributed by atoms with E-state index in [-0.39, 0.29) is 38.6 Å². The average molecular weight is 444 g/mol. The van der Waals surface area contributed by atoms with Gasteiger partial charge in [0.15, 0.2) is 4.90 Å². The molecule has 2 aromatic carbocycles. The Hall–Kier alpha value is -2.07. The monoisotopic (exact) mass is 443 g/mol. The molecule has 0 aliphatic carbocycles. The zero-order valence-corrected chi connectivity index (χ0v) is 17.2. The van der Waals surface area contributed by atoms with Gasteiger partial charge in [-0.25, -0.2) is 17.2 Å². The number of nitrogens with zero attached hydrogens (tertiary/aromatic N) is 2. The standard InChI is InChI=1S/C19H20ClF2N3O3S/c1-13-5-6-17(14(20)11-13)23-18(26)12-24-7-9-25(10-8-24)29(27,28)19-15(21)3-2-4-16(19)22/h2-6,11H,7-10,12H2,1H3,(H,23,26). The van der Waals surface area contributed by atoms with E-state index in [2.05, 4.69) is 5.32 Å². The molecule has 0 spiro atoms. The van der Waals surface area contributed by atoms with Gasteiger partial charge in [0.1, 0.15) is 11.6 Å². The first-order valence-corrected chi connectivity index (χ1v) is 10.7. The van der Waals surface area contributed by atoms with Crippen LogP contribution in [-0.2, 0) is 14.8 Å². The second-order valence-corrected chi connectivity index (χ2v) is 9.04. The van der Waals surface area contributed by atoms with Gasteiger partial charge in [0.05, 0.1) is 17.3 Å². The van der Waals surface area contributed by atoms with E-state index in [0.717, 1.165) is 28.1 Å². The molecule has 0 atom stereocenters. The van der Waals surface area contributed by atoms with Gasteiger partial charge in [-0.2, -0.15) is 4.31 Å². The quantitative estimate of drug-likeness (QED) is 0.771. The van der Waals surface area contributed by atoms with Crippen LogP contribution >= 0.6 is 11.6 Å². The Balaban J connectivity index is 1.59. The molecular weight excluding hydrogens is 424 g/mol. The highest BCUT2D eigenvalue weighted by Gasteiger charge is 2.33. The summed E-state index contributed by atoms with van der Waals surface area (Å²) in [7, 11) is -4.29. The molecule has 2 aromatic rings. The lowest BCUT2D eigenvalue weighted by molar-refractivity contribution is -0.117. The molecule has 1 fully saturated rings. The summed E-state index contributed by atoms with van der Waals surface area (Å²) in [4.78, 5) is 13.1. The predicted molar refractivity (Wildman–Crippen MR) is 106 cm³/mol. The molecule has 1 aliphatic rings. The van der Waals surface area contributed by atoms with E-state index in [1.54, 1.807) is 17.0 Å². The number of aryl methyl sites for hydroxylation is 1. The van der Waals surface area contributed by atoms with Crippen molar-refractivity contribution in [1.29, 1.82) is 0 Å². The highest BCUT2D eigenvalue weighted by molar-refractivity contribution is 7.89. The SMILES string of the molecule is Cc1ccc(NC(=O)CN2CCN(S(=O)(=O)c3c(F)cccc3F)CC2)c(Cl)c1. The molecule has 0 bridgehead atoms. The van der Waals surface area contributed by atoms with Crippen LogP contribution in [0.25, 0.3) is 0 Å². The molecule has 1 heterocycles. The van der Waals surface area contributed by atoms with Gasteiger partial charge >= 0.3 is 0 Å². The normalized spacial score (nSPS) is 16.0. The van der Waals surface area contributed by atoms with Crippen molar-refractivity contribution in [2.75, 3.05) is 38.0 Å². The molecule has 1 amide bonds. The lowest BCUT2D eigenvalue weighted by atomic mass is 10.2. The number of amides is 1. The summed E-state index contributed by atoms with van der Waals surface area (Å²) in [6.45, 7) is 2.49. The van der Waals surface area contributed by atoms with E-state index in [1.807, 2.05) is 13.0 Å².